The highest BCUT2D eigenvalue weighted by Crippen LogP contribution is 2.22. The predicted molar refractivity (Wildman–Crippen MR) is 93.9 cm³/mol. The van der Waals surface area contributed by atoms with Crippen LogP contribution in [-0.4, -0.2) is 22.2 Å². The van der Waals surface area contributed by atoms with Gasteiger partial charge < -0.3 is 9.84 Å². The summed E-state index contributed by atoms with van der Waals surface area (Å²) in [6.07, 6.45) is 12.1. The maximum Gasteiger partial charge on any atom is 0.326 e. The van der Waals surface area contributed by atoms with E-state index in [9.17, 15) is 14.7 Å². The van der Waals surface area contributed by atoms with Crippen molar-refractivity contribution in [3.63, 3.8) is 0 Å². The van der Waals surface area contributed by atoms with Gasteiger partial charge in [0.05, 0.1) is 11.5 Å². The first-order valence-electron chi connectivity index (χ1n) is 8.34. The van der Waals surface area contributed by atoms with E-state index < -0.39 is 5.97 Å². The summed E-state index contributed by atoms with van der Waals surface area (Å²) in [4.78, 5) is 23.4. The van der Waals surface area contributed by atoms with Crippen molar-refractivity contribution in [2.75, 3.05) is 6.61 Å². The summed E-state index contributed by atoms with van der Waals surface area (Å²) in [7, 11) is 0. The van der Waals surface area contributed by atoms with Crippen molar-refractivity contribution >= 4 is 23.4 Å². The van der Waals surface area contributed by atoms with E-state index in [1.54, 1.807) is 13.0 Å². The van der Waals surface area contributed by atoms with Crippen molar-refractivity contribution < 1.29 is 14.6 Å². The number of thiazole rings is 1. The fourth-order valence-corrected chi connectivity index (χ4v) is 3.05. The zero-order valence-electron chi connectivity index (χ0n) is 14.0. The molecule has 6 heteroatoms. The van der Waals surface area contributed by atoms with Crippen LogP contribution in [0.5, 0.6) is 5.88 Å². The molecule has 0 saturated carbocycles. The number of carbonyl (C=O) groups is 1. The molecule has 1 aromatic rings. The molecule has 0 aliphatic carbocycles. The molecule has 0 atom stereocenters. The van der Waals surface area contributed by atoms with Crippen LogP contribution in [0.2, 0.25) is 0 Å². The van der Waals surface area contributed by atoms with Crippen LogP contribution >= 0.6 is 11.3 Å². The van der Waals surface area contributed by atoms with Gasteiger partial charge in [-0.1, -0.05) is 56.4 Å². The van der Waals surface area contributed by atoms with Gasteiger partial charge in [0.2, 0.25) is 5.88 Å². The van der Waals surface area contributed by atoms with Gasteiger partial charge in [-0.3, -0.25) is 14.2 Å². The molecule has 0 amide bonds. The second-order valence-electron chi connectivity index (χ2n) is 5.41. The topological polar surface area (TPSA) is 68.5 Å². The number of esters is 1. The summed E-state index contributed by atoms with van der Waals surface area (Å²) in [5.41, 5.74) is 0. The summed E-state index contributed by atoms with van der Waals surface area (Å²) in [5.74, 6) is -0.683. The standard InChI is InChI=1S/C17H27NO4S/c1-3-5-6-7-8-9-10-11-12-14-16(20)18(17(21)23-14)13-15(19)22-4-2/h11-12,20H,3-10,13H2,1-2H3. The lowest BCUT2D eigenvalue weighted by atomic mass is 10.1. The number of aromatic hydroxyl groups is 1. The number of hydrogen-bond donors (Lipinski definition) is 1. The van der Waals surface area contributed by atoms with Crippen LogP contribution in [0.4, 0.5) is 0 Å². The average molecular weight is 341 g/mol. The highest BCUT2D eigenvalue weighted by Gasteiger charge is 2.15. The van der Waals surface area contributed by atoms with Crippen molar-refractivity contribution in [1.82, 2.24) is 4.57 Å². The number of aromatic nitrogens is 1. The zero-order chi connectivity index (χ0) is 17.1. The van der Waals surface area contributed by atoms with Gasteiger partial charge in [0.15, 0.2) is 0 Å². The number of rotatable bonds is 11. The Morgan fingerprint density at radius 3 is 2.61 bits per heavy atom. The average Bonchev–Trinajstić information content (AvgIpc) is 2.78. The van der Waals surface area contributed by atoms with E-state index >= 15 is 0 Å². The van der Waals surface area contributed by atoms with E-state index in [1.807, 2.05) is 6.08 Å². The normalized spacial score (nSPS) is 11.2. The zero-order valence-corrected chi connectivity index (χ0v) is 14.9. The van der Waals surface area contributed by atoms with Crippen LogP contribution in [0.1, 0.15) is 63.7 Å². The Morgan fingerprint density at radius 1 is 1.22 bits per heavy atom. The highest BCUT2D eigenvalue weighted by atomic mass is 32.1. The van der Waals surface area contributed by atoms with E-state index in [1.165, 1.54) is 32.1 Å². The van der Waals surface area contributed by atoms with Crippen molar-refractivity contribution in [3.05, 3.63) is 20.6 Å². The van der Waals surface area contributed by atoms with E-state index in [0.29, 0.717) is 4.88 Å². The van der Waals surface area contributed by atoms with Crippen molar-refractivity contribution in [2.24, 2.45) is 0 Å². The Bertz CT molecular complexity index is 559. The largest absolute Gasteiger partial charge is 0.493 e. The van der Waals surface area contributed by atoms with Crippen LogP contribution < -0.4 is 4.87 Å². The summed E-state index contributed by atoms with van der Waals surface area (Å²) in [5, 5.41) is 10.0. The molecule has 5 nitrogen and oxygen atoms in total. The van der Waals surface area contributed by atoms with Gasteiger partial charge in [-0.05, 0) is 25.8 Å². The first-order chi connectivity index (χ1) is 11.1. The second kappa shape index (κ2) is 11.0. The maximum absolute atomic E-state index is 11.8. The Balaban J connectivity index is 2.47. The monoisotopic (exact) mass is 341 g/mol. The Hall–Kier alpha value is -1.56. The number of allylic oxidation sites excluding steroid dienone is 1. The number of ether oxygens (including phenoxy) is 1. The molecule has 0 fully saturated rings. The molecule has 0 aliphatic heterocycles. The summed E-state index contributed by atoms with van der Waals surface area (Å²) in [6.45, 7) is 3.91. The van der Waals surface area contributed by atoms with Crippen LogP contribution in [0.3, 0.4) is 0 Å². The molecule has 23 heavy (non-hydrogen) atoms. The van der Waals surface area contributed by atoms with Crippen molar-refractivity contribution in [1.29, 1.82) is 0 Å². The van der Waals surface area contributed by atoms with Crippen LogP contribution in [0.25, 0.3) is 6.08 Å². The van der Waals surface area contributed by atoms with Crippen molar-refractivity contribution in [2.45, 2.75) is 65.3 Å². The molecule has 1 N–H and O–H groups in total. The molecule has 0 aromatic carbocycles. The van der Waals surface area contributed by atoms with E-state index in [2.05, 4.69) is 6.92 Å². The molecule has 0 radical (unpaired) electrons. The molecule has 0 spiro atoms. The van der Waals surface area contributed by atoms with E-state index in [0.717, 1.165) is 28.7 Å². The Labute approximate surface area is 141 Å². The smallest absolute Gasteiger partial charge is 0.326 e. The molecule has 0 bridgehead atoms. The molecule has 1 aromatic heterocycles. The minimum Gasteiger partial charge on any atom is -0.493 e. The van der Waals surface area contributed by atoms with Gasteiger partial charge in [-0.15, -0.1) is 0 Å². The molecule has 0 aliphatic rings. The van der Waals surface area contributed by atoms with Crippen LogP contribution in [0, 0.1) is 0 Å². The van der Waals surface area contributed by atoms with Crippen LogP contribution in [-0.2, 0) is 16.1 Å². The summed E-state index contributed by atoms with van der Waals surface area (Å²) < 4.78 is 5.84. The lowest BCUT2D eigenvalue weighted by Gasteiger charge is -2.03. The lowest BCUT2D eigenvalue weighted by Crippen LogP contribution is -2.20. The summed E-state index contributed by atoms with van der Waals surface area (Å²) in [6, 6.07) is 0. The number of carbonyl (C=O) groups excluding carboxylic acids is 1. The Kier molecular flexibility index (Phi) is 9.36. The third-order valence-electron chi connectivity index (χ3n) is 3.48. The minimum absolute atomic E-state index is 0.160. The van der Waals surface area contributed by atoms with Gasteiger partial charge in [-0.25, -0.2) is 0 Å². The highest BCUT2D eigenvalue weighted by molar-refractivity contribution is 7.10. The number of nitrogens with zero attached hydrogens (tertiary/aromatic N) is 1. The summed E-state index contributed by atoms with van der Waals surface area (Å²) >= 11 is 0.939. The van der Waals surface area contributed by atoms with E-state index in [-0.39, 0.29) is 23.9 Å². The van der Waals surface area contributed by atoms with Gasteiger partial charge in [-0.2, -0.15) is 0 Å². The van der Waals surface area contributed by atoms with Gasteiger partial charge >= 0.3 is 10.8 Å². The second-order valence-corrected chi connectivity index (χ2v) is 6.40. The maximum atomic E-state index is 11.8. The molecule has 130 valence electrons. The van der Waals surface area contributed by atoms with Crippen molar-refractivity contribution in [3.8, 4) is 5.88 Å². The first-order valence-corrected chi connectivity index (χ1v) is 9.16. The van der Waals surface area contributed by atoms with Gasteiger partial charge in [0.25, 0.3) is 0 Å². The number of unbranched alkanes of at least 4 members (excludes halogenated alkanes) is 6. The fourth-order valence-electron chi connectivity index (χ4n) is 2.23. The SMILES string of the molecule is CCCCCCCCC=Cc1sc(=O)n(CC(=O)OCC)c1O. The molecular weight excluding hydrogens is 314 g/mol. The predicted octanol–water partition coefficient (Wildman–Crippen LogP) is 3.94. The third kappa shape index (κ3) is 7.03. The van der Waals surface area contributed by atoms with Crippen LogP contribution in [0.15, 0.2) is 10.9 Å². The molecule has 1 rings (SSSR count). The molecular formula is C17H27NO4S. The number of hydrogen-bond acceptors (Lipinski definition) is 5. The molecule has 0 saturated heterocycles. The van der Waals surface area contributed by atoms with Gasteiger partial charge in [0, 0.05) is 0 Å². The lowest BCUT2D eigenvalue weighted by molar-refractivity contribution is -0.143. The van der Waals surface area contributed by atoms with Gasteiger partial charge in [0.1, 0.15) is 6.54 Å². The minimum atomic E-state index is -0.523. The van der Waals surface area contributed by atoms with E-state index in [4.69, 9.17) is 4.74 Å². The Morgan fingerprint density at radius 2 is 1.91 bits per heavy atom. The third-order valence-corrected chi connectivity index (χ3v) is 4.41. The molecule has 0 unspecified atom stereocenters. The first kappa shape index (κ1) is 19.5. The molecule has 1 heterocycles. The fraction of sp³-hybridized carbons (Fsp3) is 0.647. The quantitative estimate of drug-likeness (QED) is 0.489.